The number of anilines is 4. The van der Waals surface area contributed by atoms with Gasteiger partial charge in [-0.1, -0.05) is 78.1 Å². The number of nitrogen functional groups attached to an aromatic ring is 1. The van der Waals surface area contributed by atoms with Crippen LogP contribution in [-0.4, -0.2) is 6.54 Å². The van der Waals surface area contributed by atoms with Gasteiger partial charge in [-0.2, -0.15) is 5.26 Å². The molecule has 4 nitrogen and oxygen atoms in total. The average Bonchev–Trinajstić information content (AvgIpc) is 3.04. The Kier molecular flexibility index (Phi) is 7.97. The van der Waals surface area contributed by atoms with Gasteiger partial charge >= 0.3 is 0 Å². The molecule has 1 aliphatic rings. The van der Waals surface area contributed by atoms with Crippen LogP contribution in [0.1, 0.15) is 30.0 Å². The Morgan fingerprint density at radius 3 is 2.60 bits per heavy atom. The van der Waals surface area contributed by atoms with Crippen molar-refractivity contribution in [3.05, 3.63) is 83.0 Å². The first-order valence-electron chi connectivity index (χ1n) is 10.2. The third-order valence-corrected chi connectivity index (χ3v) is 5.93. The van der Waals surface area contributed by atoms with E-state index in [1.807, 2.05) is 30.3 Å². The van der Waals surface area contributed by atoms with Crippen molar-refractivity contribution in [1.29, 1.82) is 5.26 Å². The monoisotopic (exact) mass is 510 g/mol. The highest BCUT2D eigenvalue weighted by Gasteiger charge is 2.21. The first kappa shape index (κ1) is 22.0. The maximum atomic E-state index is 9.51. The predicted molar refractivity (Wildman–Crippen MR) is 136 cm³/mol. The van der Waals surface area contributed by atoms with E-state index in [2.05, 4.69) is 76.6 Å². The van der Waals surface area contributed by atoms with Crippen LogP contribution in [0.2, 0.25) is 0 Å². The molecule has 2 aromatic carbocycles. The van der Waals surface area contributed by atoms with E-state index in [0.29, 0.717) is 13.0 Å². The fourth-order valence-corrected chi connectivity index (χ4v) is 4.54. The maximum absolute atomic E-state index is 9.51. The minimum Gasteiger partial charge on any atom is -0.397 e. The molecule has 154 valence electrons. The molecule has 1 aliphatic carbocycles. The molecular formula is C25H27IN4. The van der Waals surface area contributed by atoms with Crippen molar-refractivity contribution < 1.29 is 0 Å². The van der Waals surface area contributed by atoms with Gasteiger partial charge < -0.3 is 16.4 Å². The first-order valence-corrected chi connectivity index (χ1v) is 11.7. The smallest absolute Gasteiger partial charge is 0.0674 e. The summed E-state index contributed by atoms with van der Waals surface area (Å²) in [5, 5.41) is 16.7. The number of benzene rings is 2. The predicted octanol–water partition coefficient (Wildman–Crippen LogP) is 6.43. The van der Waals surface area contributed by atoms with E-state index in [-0.39, 0.29) is 0 Å². The zero-order valence-electron chi connectivity index (χ0n) is 17.2. The summed E-state index contributed by atoms with van der Waals surface area (Å²) in [5.41, 5.74) is 14.7. The van der Waals surface area contributed by atoms with Gasteiger partial charge in [0.05, 0.1) is 23.9 Å². The number of allylic oxidation sites excluding steroid dienone is 4. The van der Waals surface area contributed by atoms with Crippen molar-refractivity contribution >= 4 is 45.3 Å². The van der Waals surface area contributed by atoms with Gasteiger partial charge in [0.15, 0.2) is 0 Å². The fourth-order valence-electron chi connectivity index (χ4n) is 3.67. The molecule has 4 N–H and O–H groups in total. The third kappa shape index (κ3) is 5.06. The molecule has 2 aromatic rings. The van der Waals surface area contributed by atoms with Crippen LogP contribution in [-0.2, 0) is 17.3 Å². The lowest BCUT2D eigenvalue weighted by Gasteiger charge is -2.25. The Morgan fingerprint density at radius 1 is 1.10 bits per heavy atom. The summed E-state index contributed by atoms with van der Waals surface area (Å²) in [6.07, 6.45) is 12.8. The third-order valence-electron chi connectivity index (χ3n) is 5.17. The summed E-state index contributed by atoms with van der Waals surface area (Å²) in [4.78, 5) is 0. The quantitative estimate of drug-likeness (QED) is 0.217. The highest BCUT2D eigenvalue weighted by molar-refractivity contribution is 14.1. The second-order valence-electron chi connectivity index (χ2n) is 7.07. The maximum Gasteiger partial charge on any atom is 0.0674 e. The number of nitriles is 1. The molecule has 30 heavy (non-hydrogen) atoms. The summed E-state index contributed by atoms with van der Waals surface area (Å²) < 4.78 is 0.744. The molecule has 0 bridgehead atoms. The summed E-state index contributed by atoms with van der Waals surface area (Å²) in [5.74, 6) is 0. The molecule has 5 heteroatoms. The molecule has 0 spiro atoms. The molecule has 0 saturated carbocycles. The van der Waals surface area contributed by atoms with Crippen LogP contribution in [0, 0.1) is 11.3 Å². The Hall–Kier alpha value is -2.72. The summed E-state index contributed by atoms with van der Waals surface area (Å²) >= 11 is 2.33. The standard InChI is InChI=1S/C25H27IN4/c1-2-20-24(29-17-18-10-6-3-4-7-11-18)21(14-15-27)22(16-26)23(28)25(20)30-19-12-8-5-9-13-19/h3,5-13,29-30H,2,4,14,16-17,28H2,1H3. The Bertz CT molecular complexity index is 1010. The normalized spacial score (nSPS) is 12.8. The van der Waals surface area contributed by atoms with Crippen molar-refractivity contribution in [2.75, 3.05) is 22.9 Å². The van der Waals surface area contributed by atoms with Gasteiger partial charge in [0.2, 0.25) is 0 Å². The zero-order chi connectivity index (χ0) is 21.3. The van der Waals surface area contributed by atoms with Gasteiger partial charge in [-0.05, 0) is 41.7 Å². The van der Waals surface area contributed by atoms with E-state index in [9.17, 15) is 5.26 Å². The summed E-state index contributed by atoms with van der Waals surface area (Å²) in [7, 11) is 0. The van der Waals surface area contributed by atoms with Crippen molar-refractivity contribution in [2.24, 2.45) is 0 Å². The topological polar surface area (TPSA) is 73.9 Å². The zero-order valence-corrected chi connectivity index (χ0v) is 19.4. The molecule has 0 unspecified atom stereocenters. The van der Waals surface area contributed by atoms with Crippen LogP contribution in [0.5, 0.6) is 0 Å². The number of nitrogens with zero attached hydrogens (tertiary/aromatic N) is 1. The molecule has 0 saturated heterocycles. The van der Waals surface area contributed by atoms with Gasteiger partial charge in [0.1, 0.15) is 0 Å². The van der Waals surface area contributed by atoms with Crippen LogP contribution in [0.3, 0.4) is 0 Å². The van der Waals surface area contributed by atoms with Crippen LogP contribution >= 0.6 is 22.6 Å². The first-order chi connectivity index (χ1) is 14.7. The number of para-hydroxylation sites is 1. The van der Waals surface area contributed by atoms with E-state index in [1.54, 1.807) is 0 Å². The van der Waals surface area contributed by atoms with Gasteiger partial charge in [-0.15, -0.1) is 0 Å². The van der Waals surface area contributed by atoms with E-state index in [1.165, 1.54) is 5.57 Å². The minimum absolute atomic E-state index is 0.332. The molecule has 0 fully saturated rings. The molecule has 3 rings (SSSR count). The molecule has 0 radical (unpaired) electrons. The van der Waals surface area contributed by atoms with Gasteiger partial charge in [0.25, 0.3) is 0 Å². The van der Waals surface area contributed by atoms with E-state index in [4.69, 9.17) is 5.73 Å². The number of nitrogens with one attached hydrogen (secondary N) is 2. The lowest BCUT2D eigenvalue weighted by atomic mass is 9.93. The number of rotatable bonds is 8. The molecule has 0 amide bonds. The van der Waals surface area contributed by atoms with Crippen molar-refractivity contribution in [3.63, 3.8) is 0 Å². The molecule has 0 heterocycles. The second-order valence-corrected chi connectivity index (χ2v) is 7.84. The number of hydrogen-bond acceptors (Lipinski definition) is 4. The Labute approximate surface area is 192 Å². The highest BCUT2D eigenvalue weighted by atomic mass is 127. The summed E-state index contributed by atoms with van der Waals surface area (Å²) in [6, 6.07) is 12.4. The van der Waals surface area contributed by atoms with Gasteiger partial charge in [-0.3, -0.25) is 0 Å². The number of nitrogens with two attached hydrogens (primary N) is 1. The largest absolute Gasteiger partial charge is 0.397 e. The molecule has 0 atom stereocenters. The number of halogens is 1. The summed E-state index contributed by atoms with van der Waals surface area (Å²) in [6.45, 7) is 2.82. The SMILES string of the molecule is CCc1c(Nc2ccccc2)c(N)c(CI)c(CC#N)c1NCC1=CC=CCC=C1. The molecule has 0 aromatic heterocycles. The van der Waals surface area contributed by atoms with Crippen LogP contribution in [0.4, 0.5) is 22.7 Å². The van der Waals surface area contributed by atoms with E-state index < -0.39 is 0 Å². The van der Waals surface area contributed by atoms with Crippen molar-refractivity contribution in [1.82, 2.24) is 0 Å². The van der Waals surface area contributed by atoms with E-state index >= 15 is 0 Å². The van der Waals surface area contributed by atoms with Crippen LogP contribution in [0.15, 0.2) is 66.3 Å². The van der Waals surface area contributed by atoms with Crippen LogP contribution in [0.25, 0.3) is 0 Å². The minimum atomic E-state index is 0.332. The molecular weight excluding hydrogens is 483 g/mol. The Balaban J connectivity index is 2.09. The van der Waals surface area contributed by atoms with Gasteiger partial charge in [-0.25, -0.2) is 0 Å². The highest BCUT2D eigenvalue weighted by Crippen LogP contribution is 2.41. The van der Waals surface area contributed by atoms with Crippen molar-refractivity contribution in [3.8, 4) is 6.07 Å². The second kappa shape index (κ2) is 10.9. The van der Waals surface area contributed by atoms with Crippen LogP contribution < -0.4 is 16.4 Å². The average molecular weight is 510 g/mol. The fraction of sp³-hybridized carbons (Fsp3) is 0.240. The lowest BCUT2D eigenvalue weighted by Crippen LogP contribution is -2.14. The van der Waals surface area contributed by atoms with E-state index in [0.717, 1.165) is 56.7 Å². The number of hydrogen-bond donors (Lipinski definition) is 3. The number of alkyl halides is 1. The Morgan fingerprint density at radius 2 is 1.90 bits per heavy atom. The molecule has 0 aliphatic heterocycles. The van der Waals surface area contributed by atoms with Gasteiger partial charge in [0, 0.05) is 27.9 Å². The van der Waals surface area contributed by atoms with Crippen molar-refractivity contribution in [2.45, 2.75) is 30.6 Å². The lowest BCUT2D eigenvalue weighted by molar-refractivity contribution is 1.09.